The molecule has 0 aliphatic rings. The lowest BCUT2D eigenvalue weighted by Gasteiger charge is -2.13. The average molecular weight is 388 g/mol. The zero-order valence-corrected chi connectivity index (χ0v) is 16.5. The molecule has 2 aromatic heterocycles. The van der Waals surface area contributed by atoms with Gasteiger partial charge < -0.3 is 15.7 Å². The van der Waals surface area contributed by atoms with Crippen LogP contribution >= 0.6 is 0 Å². The van der Waals surface area contributed by atoms with Gasteiger partial charge in [-0.15, -0.1) is 0 Å². The first kappa shape index (κ1) is 18.7. The molecule has 0 bridgehead atoms. The summed E-state index contributed by atoms with van der Waals surface area (Å²) in [7, 11) is 0. The van der Waals surface area contributed by atoms with E-state index in [-0.39, 0.29) is 11.8 Å². The van der Waals surface area contributed by atoms with Crippen LogP contribution in [0.2, 0.25) is 0 Å². The minimum absolute atomic E-state index is 0.186. The Morgan fingerprint density at radius 3 is 2.48 bits per heavy atom. The van der Waals surface area contributed by atoms with Crippen molar-refractivity contribution in [3.05, 3.63) is 66.5 Å². The Morgan fingerprint density at radius 2 is 1.76 bits per heavy atom. The maximum atomic E-state index is 9.41. The smallest absolute Gasteiger partial charge is 0.210 e. The Morgan fingerprint density at radius 1 is 1.00 bits per heavy atom. The molecule has 2 heterocycles. The number of phenolic OH excluding ortho intramolecular Hbond substituents is 1. The predicted octanol–water partition coefficient (Wildman–Crippen LogP) is 4.51. The topological polar surface area (TPSA) is 87.9 Å². The fraction of sp³-hybridized carbons (Fsp3) is 0.227. The fourth-order valence-corrected chi connectivity index (χ4v) is 3.25. The predicted molar refractivity (Wildman–Crippen MR) is 116 cm³/mol. The molecule has 0 spiro atoms. The highest BCUT2D eigenvalue weighted by molar-refractivity contribution is 5.86. The number of aromatic nitrogens is 4. The second-order valence-corrected chi connectivity index (χ2v) is 7.13. The number of nitrogens with one attached hydrogen (secondary N) is 2. The standard InChI is InChI=1S/C22H24N6O/c1-15(2)28-21-19(27-22(28)26-17-6-4-3-5-7-17)20(24-14-25-21)23-13-12-16-8-10-18(29)11-9-16/h3-11,14-15,29H,12-13H2,1-2H3,(H,26,27)(H,23,24,25). The monoisotopic (exact) mass is 388 g/mol. The van der Waals surface area contributed by atoms with Crippen molar-refractivity contribution < 1.29 is 5.11 Å². The van der Waals surface area contributed by atoms with Crippen LogP contribution < -0.4 is 10.6 Å². The normalized spacial score (nSPS) is 11.1. The molecule has 0 saturated carbocycles. The van der Waals surface area contributed by atoms with Gasteiger partial charge in [0, 0.05) is 18.3 Å². The van der Waals surface area contributed by atoms with Crippen molar-refractivity contribution in [1.82, 2.24) is 19.5 Å². The zero-order valence-electron chi connectivity index (χ0n) is 16.5. The minimum atomic E-state index is 0.186. The summed E-state index contributed by atoms with van der Waals surface area (Å²) in [5.74, 6) is 1.73. The molecule has 3 N–H and O–H groups in total. The van der Waals surface area contributed by atoms with Gasteiger partial charge in [-0.05, 0) is 50.1 Å². The van der Waals surface area contributed by atoms with E-state index in [4.69, 9.17) is 4.98 Å². The van der Waals surface area contributed by atoms with Crippen LogP contribution in [0.15, 0.2) is 60.9 Å². The molecule has 7 nitrogen and oxygen atoms in total. The second kappa shape index (κ2) is 8.18. The Labute approximate surface area is 169 Å². The Bertz CT molecular complexity index is 1090. The molecule has 0 amide bonds. The van der Waals surface area contributed by atoms with Gasteiger partial charge in [0.2, 0.25) is 5.95 Å². The summed E-state index contributed by atoms with van der Waals surface area (Å²) < 4.78 is 2.08. The first-order chi connectivity index (χ1) is 14.1. The maximum Gasteiger partial charge on any atom is 0.210 e. The molecule has 0 fully saturated rings. The van der Waals surface area contributed by atoms with Crippen LogP contribution in [0, 0.1) is 0 Å². The Hall–Kier alpha value is -3.61. The van der Waals surface area contributed by atoms with Crippen LogP contribution in [-0.4, -0.2) is 31.2 Å². The summed E-state index contributed by atoms with van der Waals surface area (Å²) >= 11 is 0. The van der Waals surface area contributed by atoms with E-state index in [9.17, 15) is 5.11 Å². The van der Waals surface area contributed by atoms with Crippen LogP contribution in [0.4, 0.5) is 17.5 Å². The van der Waals surface area contributed by atoms with Crippen molar-refractivity contribution in [2.24, 2.45) is 0 Å². The summed E-state index contributed by atoms with van der Waals surface area (Å²) in [5, 5.41) is 16.2. The number of nitrogens with zero attached hydrogens (tertiary/aromatic N) is 4. The van der Waals surface area contributed by atoms with Crippen LogP contribution in [0.25, 0.3) is 11.2 Å². The third-order valence-corrected chi connectivity index (χ3v) is 4.67. The van der Waals surface area contributed by atoms with E-state index in [0.29, 0.717) is 12.4 Å². The van der Waals surface area contributed by atoms with Gasteiger partial charge in [0.15, 0.2) is 17.0 Å². The van der Waals surface area contributed by atoms with Gasteiger partial charge in [0.1, 0.15) is 12.1 Å². The van der Waals surface area contributed by atoms with E-state index >= 15 is 0 Å². The molecule has 4 aromatic rings. The molecular weight excluding hydrogens is 364 g/mol. The largest absolute Gasteiger partial charge is 0.508 e. The van der Waals surface area contributed by atoms with Crippen molar-refractivity contribution in [1.29, 1.82) is 0 Å². The maximum absolute atomic E-state index is 9.41. The molecule has 148 valence electrons. The van der Waals surface area contributed by atoms with E-state index in [1.54, 1.807) is 18.5 Å². The van der Waals surface area contributed by atoms with E-state index < -0.39 is 0 Å². The molecule has 29 heavy (non-hydrogen) atoms. The number of para-hydroxylation sites is 1. The number of phenols is 1. The minimum Gasteiger partial charge on any atom is -0.508 e. The van der Waals surface area contributed by atoms with Gasteiger partial charge in [-0.3, -0.25) is 4.57 Å². The number of benzene rings is 2. The SMILES string of the molecule is CC(C)n1c(Nc2ccccc2)nc2c(NCCc3ccc(O)cc3)ncnc21. The molecular formula is C22H24N6O. The number of anilines is 3. The lowest BCUT2D eigenvalue weighted by atomic mass is 10.1. The molecule has 0 radical (unpaired) electrons. The first-order valence-electron chi connectivity index (χ1n) is 9.68. The van der Waals surface area contributed by atoms with Gasteiger partial charge in [0.05, 0.1) is 0 Å². The highest BCUT2D eigenvalue weighted by Gasteiger charge is 2.18. The van der Waals surface area contributed by atoms with Gasteiger partial charge in [-0.2, -0.15) is 0 Å². The van der Waals surface area contributed by atoms with Gasteiger partial charge in [-0.25, -0.2) is 15.0 Å². The van der Waals surface area contributed by atoms with Crippen molar-refractivity contribution in [2.75, 3.05) is 17.2 Å². The molecule has 7 heteroatoms. The molecule has 2 aromatic carbocycles. The van der Waals surface area contributed by atoms with Crippen LogP contribution in [0.1, 0.15) is 25.5 Å². The number of fused-ring (bicyclic) bond motifs is 1. The molecule has 0 aliphatic carbocycles. The van der Waals surface area contributed by atoms with Crippen molar-refractivity contribution >= 4 is 28.6 Å². The summed E-state index contributed by atoms with van der Waals surface area (Å²) in [6.45, 7) is 4.92. The average Bonchev–Trinajstić information content (AvgIpc) is 3.09. The van der Waals surface area contributed by atoms with Crippen molar-refractivity contribution in [2.45, 2.75) is 26.3 Å². The highest BCUT2D eigenvalue weighted by atomic mass is 16.3. The molecule has 0 saturated heterocycles. The Kier molecular flexibility index (Phi) is 5.29. The number of hydrogen-bond acceptors (Lipinski definition) is 6. The lowest BCUT2D eigenvalue weighted by molar-refractivity contribution is 0.475. The summed E-state index contributed by atoms with van der Waals surface area (Å²) in [6, 6.07) is 17.4. The number of hydrogen-bond donors (Lipinski definition) is 3. The summed E-state index contributed by atoms with van der Waals surface area (Å²) in [6.07, 6.45) is 2.38. The quantitative estimate of drug-likeness (QED) is 0.432. The molecule has 4 rings (SSSR count). The van der Waals surface area contributed by atoms with E-state index in [2.05, 4.69) is 39.0 Å². The number of imidazole rings is 1. The number of aromatic hydroxyl groups is 1. The van der Waals surface area contributed by atoms with E-state index in [1.807, 2.05) is 42.5 Å². The first-order valence-corrected chi connectivity index (χ1v) is 9.68. The zero-order chi connectivity index (χ0) is 20.2. The van der Waals surface area contributed by atoms with Crippen molar-refractivity contribution in [3.8, 4) is 5.75 Å². The molecule has 0 aliphatic heterocycles. The lowest BCUT2D eigenvalue weighted by Crippen LogP contribution is -2.08. The van der Waals surface area contributed by atoms with Gasteiger partial charge >= 0.3 is 0 Å². The van der Waals surface area contributed by atoms with Gasteiger partial charge in [0.25, 0.3) is 0 Å². The Balaban J connectivity index is 1.59. The third-order valence-electron chi connectivity index (χ3n) is 4.67. The fourth-order valence-electron chi connectivity index (χ4n) is 3.25. The highest BCUT2D eigenvalue weighted by Crippen LogP contribution is 2.28. The van der Waals surface area contributed by atoms with Crippen LogP contribution in [0.3, 0.4) is 0 Å². The number of rotatable bonds is 7. The van der Waals surface area contributed by atoms with Crippen molar-refractivity contribution in [3.63, 3.8) is 0 Å². The van der Waals surface area contributed by atoms with Gasteiger partial charge in [-0.1, -0.05) is 30.3 Å². The molecule has 0 unspecified atom stereocenters. The third kappa shape index (κ3) is 4.13. The van der Waals surface area contributed by atoms with E-state index in [0.717, 1.165) is 34.8 Å². The summed E-state index contributed by atoms with van der Waals surface area (Å²) in [5.41, 5.74) is 3.64. The van der Waals surface area contributed by atoms with Crippen LogP contribution in [-0.2, 0) is 6.42 Å². The van der Waals surface area contributed by atoms with E-state index in [1.165, 1.54) is 0 Å². The second-order valence-electron chi connectivity index (χ2n) is 7.13. The summed E-state index contributed by atoms with van der Waals surface area (Å²) in [4.78, 5) is 13.7. The molecule has 0 atom stereocenters. The van der Waals surface area contributed by atoms with Crippen LogP contribution in [0.5, 0.6) is 5.75 Å².